The Morgan fingerprint density at radius 3 is 2.48 bits per heavy atom. The first-order valence-electron chi connectivity index (χ1n) is 14.5. The van der Waals surface area contributed by atoms with E-state index >= 15 is 0 Å². The van der Waals surface area contributed by atoms with E-state index in [4.69, 9.17) is 14.4 Å². The van der Waals surface area contributed by atoms with E-state index in [9.17, 15) is 9.59 Å². The predicted octanol–water partition coefficient (Wildman–Crippen LogP) is 4.33. The van der Waals surface area contributed by atoms with Crippen molar-refractivity contribution in [3.05, 3.63) is 77.0 Å². The number of hydrogen-bond acceptors (Lipinski definition) is 8. The molecule has 42 heavy (non-hydrogen) atoms. The number of ether oxygens (including phenoxy) is 1. The summed E-state index contributed by atoms with van der Waals surface area (Å²) in [6.07, 6.45) is 3.14. The number of amides is 1. The Kier molecular flexibility index (Phi) is 7.64. The normalized spacial score (nSPS) is 16.7. The van der Waals surface area contributed by atoms with Crippen LogP contribution in [0.5, 0.6) is 0 Å². The fraction of sp³-hybridized carbons (Fsp3) is 0.406. The van der Waals surface area contributed by atoms with Gasteiger partial charge in [-0.15, -0.1) is 0 Å². The number of esters is 1. The van der Waals surface area contributed by atoms with E-state index in [0.29, 0.717) is 36.1 Å². The smallest absolute Gasteiger partial charge is 0.302 e. The molecule has 1 amide bonds. The van der Waals surface area contributed by atoms with E-state index in [-0.39, 0.29) is 17.3 Å². The summed E-state index contributed by atoms with van der Waals surface area (Å²) in [5.41, 5.74) is 5.14. The van der Waals surface area contributed by atoms with Crippen molar-refractivity contribution in [1.29, 1.82) is 0 Å². The van der Waals surface area contributed by atoms with Gasteiger partial charge in [-0.3, -0.25) is 14.3 Å². The Labute approximate surface area is 245 Å². The molecule has 3 heterocycles. The molecule has 0 N–H and O–H groups in total. The van der Waals surface area contributed by atoms with Crippen LogP contribution in [0.2, 0.25) is 0 Å². The predicted molar refractivity (Wildman–Crippen MR) is 157 cm³/mol. The third-order valence-electron chi connectivity index (χ3n) is 8.54. The molecule has 0 radical (unpaired) electrons. The molecule has 4 aromatic rings. The Bertz CT molecular complexity index is 1580. The Balaban J connectivity index is 1.14. The minimum Gasteiger partial charge on any atom is -0.465 e. The molecule has 1 aliphatic heterocycles. The second-order valence-electron chi connectivity index (χ2n) is 11.5. The van der Waals surface area contributed by atoms with Gasteiger partial charge in [0.25, 0.3) is 11.8 Å². The number of nitrogens with zero attached hydrogens (tertiary/aromatic N) is 6. The van der Waals surface area contributed by atoms with Crippen molar-refractivity contribution in [1.82, 2.24) is 29.7 Å². The molecule has 1 saturated heterocycles. The average Bonchev–Trinajstić information content (AvgIpc) is 3.60. The van der Waals surface area contributed by atoms with Crippen LogP contribution in [0.1, 0.15) is 53.4 Å². The Hall–Kier alpha value is -4.31. The Morgan fingerprint density at radius 1 is 1.02 bits per heavy atom. The summed E-state index contributed by atoms with van der Waals surface area (Å²) in [5.74, 6) is 0.656. The summed E-state index contributed by atoms with van der Waals surface area (Å²) in [7, 11) is 2.08. The lowest BCUT2D eigenvalue weighted by Crippen LogP contribution is -2.47. The fourth-order valence-corrected chi connectivity index (χ4v) is 5.72. The molecule has 0 atom stereocenters. The van der Waals surface area contributed by atoms with Crippen LogP contribution in [0.3, 0.4) is 0 Å². The molecule has 0 bridgehead atoms. The van der Waals surface area contributed by atoms with Crippen LogP contribution in [0.25, 0.3) is 23.0 Å². The van der Waals surface area contributed by atoms with E-state index in [1.54, 1.807) is 0 Å². The lowest BCUT2D eigenvalue weighted by atomic mass is 9.65. The maximum Gasteiger partial charge on any atom is 0.302 e. The molecule has 0 unspecified atom stereocenters. The van der Waals surface area contributed by atoms with Gasteiger partial charge in [-0.2, -0.15) is 10.1 Å². The van der Waals surface area contributed by atoms with Crippen molar-refractivity contribution in [2.45, 2.75) is 45.1 Å². The molecule has 10 nitrogen and oxygen atoms in total. The lowest BCUT2D eigenvalue weighted by molar-refractivity contribution is -0.144. The van der Waals surface area contributed by atoms with Gasteiger partial charge in [0.15, 0.2) is 5.69 Å². The highest BCUT2D eigenvalue weighted by atomic mass is 16.5. The van der Waals surface area contributed by atoms with Crippen molar-refractivity contribution < 1.29 is 18.8 Å². The summed E-state index contributed by atoms with van der Waals surface area (Å²) < 4.78 is 12.8. The third-order valence-corrected chi connectivity index (χ3v) is 8.54. The summed E-state index contributed by atoms with van der Waals surface area (Å²) >= 11 is 0. The highest BCUT2D eigenvalue weighted by Crippen LogP contribution is 2.44. The van der Waals surface area contributed by atoms with Crippen molar-refractivity contribution >= 4 is 11.9 Å². The van der Waals surface area contributed by atoms with Crippen LogP contribution in [-0.2, 0) is 21.5 Å². The van der Waals surface area contributed by atoms with Gasteiger partial charge in [-0.05, 0) is 56.1 Å². The van der Waals surface area contributed by atoms with Crippen LogP contribution in [0.4, 0.5) is 0 Å². The van der Waals surface area contributed by atoms with Gasteiger partial charge in [-0.25, -0.2) is 0 Å². The van der Waals surface area contributed by atoms with Gasteiger partial charge < -0.3 is 19.1 Å². The van der Waals surface area contributed by atoms with E-state index < -0.39 is 0 Å². The summed E-state index contributed by atoms with van der Waals surface area (Å²) in [6, 6.07) is 17.8. The quantitative estimate of drug-likeness (QED) is 0.289. The first-order valence-corrected chi connectivity index (χ1v) is 14.5. The van der Waals surface area contributed by atoms with Gasteiger partial charge in [0.2, 0.25) is 5.82 Å². The topological polar surface area (TPSA) is 107 Å². The molecule has 2 fully saturated rings. The molecule has 2 aromatic heterocycles. The standard InChI is InChI=1S/C32H36N6O4/c1-22-18-28(34-38(22)20-24-6-4-7-26(19-24)31(40)37-16-14-36(3)15-17-37)30-33-29(35-42-30)25-8-10-27(11-9-25)32(12-5-13-32)21-41-23(2)39/h4,6-11,18-19H,5,12-17,20-21H2,1-3H3. The van der Waals surface area contributed by atoms with Gasteiger partial charge in [0.1, 0.15) is 6.61 Å². The molecular formula is C32H36N6O4. The molecule has 0 spiro atoms. The van der Waals surface area contributed by atoms with E-state index in [0.717, 1.165) is 67.8 Å². The van der Waals surface area contributed by atoms with Crippen molar-refractivity contribution in [2.75, 3.05) is 39.8 Å². The monoisotopic (exact) mass is 568 g/mol. The lowest BCUT2D eigenvalue weighted by Gasteiger charge is -2.41. The van der Waals surface area contributed by atoms with Crippen LogP contribution in [0, 0.1) is 6.92 Å². The SMILES string of the molecule is CC(=O)OCC1(c2ccc(-c3noc(-c4cc(C)n(Cc5cccc(C(=O)N6CCN(C)CC6)c5)n4)n3)cc2)CCC1. The number of aryl methyl sites for hydroxylation is 1. The number of likely N-dealkylation sites (N-methyl/N-ethyl adjacent to an activating group) is 1. The number of carbonyl (C=O) groups excluding carboxylic acids is 2. The zero-order chi connectivity index (χ0) is 29.3. The number of piperazine rings is 1. The number of benzene rings is 2. The van der Waals surface area contributed by atoms with Crippen molar-refractivity contribution in [3.8, 4) is 23.0 Å². The second kappa shape index (κ2) is 11.5. The number of carbonyl (C=O) groups is 2. The molecule has 218 valence electrons. The Morgan fingerprint density at radius 2 is 1.79 bits per heavy atom. The zero-order valence-corrected chi connectivity index (χ0v) is 24.4. The van der Waals surface area contributed by atoms with Crippen molar-refractivity contribution in [2.24, 2.45) is 0 Å². The number of hydrogen-bond donors (Lipinski definition) is 0. The second-order valence-corrected chi connectivity index (χ2v) is 11.5. The first kappa shape index (κ1) is 27.8. The summed E-state index contributed by atoms with van der Waals surface area (Å²) in [4.78, 5) is 33.2. The fourth-order valence-electron chi connectivity index (χ4n) is 5.72. The minimum absolute atomic E-state index is 0.0708. The average molecular weight is 569 g/mol. The van der Waals surface area contributed by atoms with Crippen LogP contribution in [0.15, 0.2) is 59.1 Å². The third kappa shape index (κ3) is 5.72. The van der Waals surface area contributed by atoms with Crippen LogP contribution >= 0.6 is 0 Å². The van der Waals surface area contributed by atoms with Gasteiger partial charge >= 0.3 is 5.97 Å². The van der Waals surface area contributed by atoms with E-state index in [1.165, 1.54) is 6.92 Å². The molecule has 2 aromatic carbocycles. The molecule has 2 aliphatic rings. The maximum atomic E-state index is 13.1. The minimum atomic E-state index is -0.250. The van der Waals surface area contributed by atoms with Crippen LogP contribution in [-0.4, -0.2) is 81.4 Å². The largest absolute Gasteiger partial charge is 0.465 e. The number of aromatic nitrogens is 4. The highest BCUT2D eigenvalue weighted by Gasteiger charge is 2.39. The van der Waals surface area contributed by atoms with Crippen molar-refractivity contribution in [3.63, 3.8) is 0 Å². The molecule has 1 saturated carbocycles. The number of rotatable bonds is 8. The van der Waals surface area contributed by atoms with E-state index in [2.05, 4.69) is 34.2 Å². The first-order chi connectivity index (χ1) is 20.3. The summed E-state index contributed by atoms with van der Waals surface area (Å²) in [6.45, 7) is 7.63. The zero-order valence-electron chi connectivity index (χ0n) is 24.4. The van der Waals surface area contributed by atoms with E-state index in [1.807, 2.05) is 59.0 Å². The van der Waals surface area contributed by atoms with Gasteiger partial charge in [0, 0.05) is 55.3 Å². The maximum absolute atomic E-state index is 13.1. The molecule has 10 heteroatoms. The molecular weight excluding hydrogens is 532 g/mol. The molecule has 1 aliphatic carbocycles. The summed E-state index contributed by atoms with van der Waals surface area (Å²) in [5, 5.41) is 8.93. The molecule has 6 rings (SSSR count). The highest BCUT2D eigenvalue weighted by molar-refractivity contribution is 5.94. The van der Waals surface area contributed by atoms with Gasteiger partial charge in [-0.1, -0.05) is 48.0 Å². The van der Waals surface area contributed by atoms with Crippen LogP contribution < -0.4 is 0 Å². The van der Waals surface area contributed by atoms with Gasteiger partial charge in [0.05, 0.1) is 6.54 Å².